The SMILES string of the molecule is CSCC[C@H](N)[14C](=O)O. The third-order valence-corrected chi connectivity index (χ3v) is 1.59. The number of carboxylic acids is 1. The molecule has 0 rings (SSSR count). The topological polar surface area (TPSA) is 63.3 Å². The zero-order chi connectivity index (χ0) is 7.28. The van der Waals surface area contributed by atoms with E-state index in [2.05, 4.69) is 0 Å². The van der Waals surface area contributed by atoms with Crippen molar-refractivity contribution < 1.29 is 9.90 Å². The Balaban J connectivity index is 3.27. The van der Waals surface area contributed by atoms with Crippen LogP contribution in [0, 0.1) is 0 Å². The van der Waals surface area contributed by atoms with Crippen molar-refractivity contribution in [3.05, 3.63) is 0 Å². The normalized spacial score (nSPS) is 13.1. The van der Waals surface area contributed by atoms with Gasteiger partial charge < -0.3 is 10.8 Å². The van der Waals surface area contributed by atoms with Crippen LogP contribution in [-0.2, 0) is 4.79 Å². The van der Waals surface area contributed by atoms with E-state index < -0.39 is 12.0 Å². The van der Waals surface area contributed by atoms with Gasteiger partial charge in [0.2, 0.25) is 0 Å². The van der Waals surface area contributed by atoms with Crippen LogP contribution in [0.5, 0.6) is 0 Å². The van der Waals surface area contributed by atoms with Crippen LogP contribution in [0.15, 0.2) is 0 Å². The molecule has 0 saturated carbocycles. The van der Waals surface area contributed by atoms with E-state index in [0.717, 1.165) is 5.75 Å². The van der Waals surface area contributed by atoms with Gasteiger partial charge in [0.25, 0.3) is 0 Å². The van der Waals surface area contributed by atoms with E-state index in [1.54, 1.807) is 11.8 Å². The molecule has 0 heterocycles. The molecule has 0 bridgehead atoms. The Bertz CT molecular complexity index is 97.0. The number of aliphatic carboxylic acids is 1. The first kappa shape index (κ1) is 8.78. The largest absolute Gasteiger partial charge is 0.480 e. The summed E-state index contributed by atoms with van der Waals surface area (Å²) in [4.78, 5) is 10.1. The highest BCUT2D eigenvalue weighted by Crippen LogP contribution is 1.97. The summed E-state index contributed by atoms with van der Waals surface area (Å²) in [7, 11) is 0. The minimum absolute atomic E-state index is 0.552. The molecule has 0 fully saturated rings. The lowest BCUT2D eigenvalue weighted by Gasteiger charge is -2.02. The maximum atomic E-state index is 10.1. The van der Waals surface area contributed by atoms with Gasteiger partial charge >= 0.3 is 5.97 Å². The Labute approximate surface area is 58.6 Å². The Morgan fingerprint density at radius 3 is 2.78 bits per heavy atom. The summed E-state index contributed by atoms with van der Waals surface area (Å²) in [6, 6.07) is -0.683. The summed E-state index contributed by atoms with van der Waals surface area (Å²) < 4.78 is 0. The molecule has 3 nitrogen and oxygen atoms in total. The minimum Gasteiger partial charge on any atom is -0.480 e. The molecule has 1 atom stereocenters. The fourth-order valence-electron chi connectivity index (χ4n) is 0.368. The predicted molar refractivity (Wildman–Crippen MR) is 38.6 cm³/mol. The number of thioether (sulfide) groups is 1. The van der Waals surface area contributed by atoms with Crippen LogP contribution in [0.3, 0.4) is 0 Å². The lowest BCUT2D eigenvalue weighted by Crippen LogP contribution is -2.30. The molecule has 0 aromatic rings. The van der Waals surface area contributed by atoms with Crippen molar-refractivity contribution in [2.24, 2.45) is 5.73 Å². The van der Waals surface area contributed by atoms with E-state index in [9.17, 15) is 4.79 Å². The van der Waals surface area contributed by atoms with Gasteiger partial charge in [-0.15, -0.1) is 0 Å². The van der Waals surface area contributed by atoms with Crippen molar-refractivity contribution in [1.82, 2.24) is 0 Å². The fraction of sp³-hybridized carbons (Fsp3) is 0.800. The third kappa shape index (κ3) is 4.29. The van der Waals surface area contributed by atoms with Crippen molar-refractivity contribution in [3.8, 4) is 0 Å². The summed E-state index contributed by atoms with van der Waals surface area (Å²) in [5.74, 6) is -0.1000. The van der Waals surface area contributed by atoms with E-state index in [1.807, 2.05) is 6.26 Å². The second-order valence-electron chi connectivity index (χ2n) is 1.73. The summed E-state index contributed by atoms with van der Waals surface area (Å²) in [5, 5.41) is 8.27. The minimum atomic E-state index is -0.913. The van der Waals surface area contributed by atoms with Gasteiger partial charge in [-0.2, -0.15) is 11.8 Å². The first-order valence-electron chi connectivity index (χ1n) is 2.65. The lowest BCUT2D eigenvalue weighted by atomic mass is 10.4. The van der Waals surface area contributed by atoms with Gasteiger partial charge in [-0.3, -0.25) is 4.79 Å². The smallest absolute Gasteiger partial charge is 0.320 e. The van der Waals surface area contributed by atoms with Gasteiger partial charge in [0.05, 0.1) is 0 Å². The monoisotopic (exact) mass is 151 g/mol. The Morgan fingerprint density at radius 1 is 1.89 bits per heavy atom. The van der Waals surface area contributed by atoms with E-state index in [0.29, 0.717) is 6.42 Å². The standard InChI is InChI=1S/C5H11NO2S/c1-9-3-2-4(6)5(7)8/h4H,2-3,6H2,1H3,(H,7,8)/t4-/m0/s1/i5+2. The predicted octanol–water partition coefficient (Wildman–Crippen LogP) is 0.151. The molecule has 0 radical (unpaired) electrons. The second kappa shape index (κ2) is 4.64. The highest BCUT2D eigenvalue weighted by Gasteiger charge is 2.08. The van der Waals surface area contributed by atoms with E-state index in [-0.39, 0.29) is 0 Å². The number of carboxylic acid groups (broad SMARTS) is 1. The molecule has 0 aliphatic carbocycles. The van der Waals surface area contributed by atoms with Gasteiger partial charge in [0.15, 0.2) is 0 Å². The molecular formula is C5H11NO2S. The van der Waals surface area contributed by atoms with Crippen LogP contribution in [0.25, 0.3) is 0 Å². The molecule has 0 saturated heterocycles. The maximum absolute atomic E-state index is 10.1. The maximum Gasteiger partial charge on any atom is 0.320 e. The van der Waals surface area contributed by atoms with Gasteiger partial charge in [-0.05, 0) is 18.4 Å². The van der Waals surface area contributed by atoms with Crippen LogP contribution in [0.1, 0.15) is 6.42 Å². The molecule has 4 heteroatoms. The van der Waals surface area contributed by atoms with Crippen LogP contribution >= 0.6 is 11.8 Å². The quantitative estimate of drug-likeness (QED) is 0.600. The molecule has 0 aromatic heterocycles. The van der Waals surface area contributed by atoms with Crippen molar-refractivity contribution in [2.45, 2.75) is 12.5 Å². The fourth-order valence-corrected chi connectivity index (χ4v) is 0.858. The second-order valence-corrected chi connectivity index (χ2v) is 2.71. The average molecular weight is 151 g/mol. The van der Waals surface area contributed by atoms with E-state index in [4.69, 9.17) is 10.8 Å². The summed E-state index contributed by atoms with van der Waals surface area (Å²) in [5.41, 5.74) is 5.19. The molecule has 0 aliphatic rings. The van der Waals surface area contributed by atoms with Crippen LogP contribution in [0.4, 0.5) is 0 Å². The van der Waals surface area contributed by atoms with Gasteiger partial charge in [-0.1, -0.05) is 0 Å². The van der Waals surface area contributed by atoms with E-state index in [1.165, 1.54) is 0 Å². The summed E-state index contributed by atoms with van der Waals surface area (Å²) in [6.07, 6.45) is 2.48. The molecule has 0 aliphatic heterocycles. The van der Waals surface area contributed by atoms with Gasteiger partial charge in [-0.25, -0.2) is 0 Å². The zero-order valence-corrected chi connectivity index (χ0v) is 6.15. The number of carbonyl (C=O) groups is 1. The number of hydrogen-bond acceptors (Lipinski definition) is 3. The number of nitrogens with two attached hydrogens (primary N) is 1. The molecule has 0 aromatic carbocycles. The van der Waals surface area contributed by atoms with Gasteiger partial charge in [0.1, 0.15) is 6.04 Å². The third-order valence-electron chi connectivity index (χ3n) is 0.950. The first-order valence-corrected chi connectivity index (χ1v) is 4.05. The molecule has 0 spiro atoms. The molecule has 54 valence electrons. The Hall–Kier alpha value is -0.220. The Kier molecular flexibility index (Phi) is 4.53. The van der Waals surface area contributed by atoms with Gasteiger partial charge in [0, 0.05) is 0 Å². The number of hydrogen-bond donors (Lipinski definition) is 2. The van der Waals surface area contributed by atoms with Crippen molar-refractivity contribution in [1.29, 1.82) is 0 Å². The van der Waals surface area contributed by atoms with Crippen LogP contribution in [-0.4, -0.2) is 29.1 Å². The summed E-state index contributed by atoms with van der Waals surface area (Å²) in [6.45, 7) is 0. The molecule has 0 amide bonds. The molecular weight excluding hydrogens is 140 g/mol. The number of rotatable bonds is 4. The zero-order valence-electron chi connectivity index (χ0n) is 5.33. The molecule has 3 N–H and O–H groups in total. The highest BCUT2D eigenvalue weighted by atomic mass is 32.2. The highest BCUT2D eigenvalue weighted by molar-refractivity contribution is 7.98. The molecule has 9 heavy (non-hydrogen) atoms. The van der Waals surface area contributed by atoms with Crippen molar-refractivity contribution in [2.75, 3.05) is 12.0 Å². The average Bonchev–Trinajstić information content (AvgIpc) is 1.82. The molecule has 0 unspecified atom stereocenters. The van der Waals surface area contributed by atoms with E-state index >= 15 is 0 Å². The van der Waals surface area contributed by atoms with Crippen molar-refractivity contribution in [3.63, 3.8) is 0 Å². The first-order chi connectivity index (χ1) is 4.18. The lowest BCUT2D eigenvalue weighted by molar-refractivity contribution is -0.138. The van der Waals surface area contributed by atoms with Crippen LogP contribution < -0.4 is 5.73 Å². The Morgan fingerprint density at radius 2 is 2.44 bits per heavy atom. The van der Waals surface area contributed by atoms with Crippen molar-refractivity contribution >= 4 is 17.7 Å². The van der Waals surface area contributed by atoms with Crippen LogP contribution in [0.2, 0.25) is 0 Å². The summed E-state index contributed by atoms with van der Waals surface area (Å²) >= 11 is 1.60.